The number of urea groups is 1. The number of hydrogen-bond donors (Lipinski definition) is 2. The number of nitrogens with one attached hydrogen (secondary N) is 2. The second-order valence-electron chi connectivity index (χ2n) is 7.54. The largest absolute Gasteiger partial charge is 0.474 e. The van der Waals surface area contributed by atoms with Crippen LogP contribution in [0.15, 0.2) is 42.6 Å². The van der Waals surface area contributed by atoms with E-state index in [9.17, 15) is 4.79 Å². The van der Waals surface area contributed by atoms with Crippen LogP contribution in [0.2, 0.25) is 0 Å². The first-order valence-corrected chi connectivity index (χ1v) is 10.3. The summed E-state index contributed by atoms with van der Waals surface area (Å²) in [4.78, 5) is 19.1. The van der Waals surface area contributed by atoms with E-state index in [0.29, 0.717) is 12.4 Å². The van der Waals surface area contributed by atoms with Gasteiger partial charge in [-0.05, 0) is 62.8 Å². The molecule has 0 radical (unpaired) electrons. The molecule has 1 aliphatic carbocycles. The highest BCUT2D eigenvalue weighted by molar-refractivity contribution is 5.89. The molecule has 1 saturated heterocycles. The summed E-state index contributed by atoms with van der Waals surface area (Å²) >= 11 is 0. The Morgan fingerprint density at radius 2 is 1.93 bits per heavy atom. The van der Waals surface area contributed by atoms with E-state index in [-0.39, 0.29) is 12.1 Å². The summed E-state index contributed by atoms with van der Waals surface area (Å²) < 4.78 is 6.04. The summed E-state index contributed by atoms with van der Waals surface area (Å²) in [7, 11) is 0. The minimum Gasteiger partial charge on any atom is -0.474 e. The first-order valence-electron chi connectivity index (χ1n) is 10.3. The first-order chi connectivity index (χ1) is 13.8. The smallest absolute Gasteiger partial charge is 0.319 e. The minimum atomic E-state index is -0.228. The number of aromatic nitrogens is 1. The molecule has 28 heavy (non-hydrogen) atoms. The lowest BCUT2D eigenvalue weighted by Gasteiger charge is -2.18. The van der Waals surface area contributed by atoms with E-state index in [2.05, 4.69) is 26.6 Å². The predicted octanol–water partition coefficient (Wildman–Crippen LogP) is 4.32. The molecule has 4 rings (SSSR count). The number of pyridine rings is 1. The highest BCUT2D eigenvalue weighted by Crippen LogP contribution is 2.25. The Hall–Kier alpha value is -2.76. The van der Waals surface area contributed by atoms with Crippen LogP contribution in [0.4, 0.5) is 16.2 Å². The fourth-order valence-electron chi connectivity index (χ4n) is 3.94. The molecule has 6 nitrogen and oxygen atoms in total. The van der Waals surface area contributed by atoms with Crippen LogP contribution in [0.3, 0.4) is 0 Å². The van der Waals surface area contributed by atoms with Crippen LogP contribution in [-0.2, 0) is 6.54 Å². The first kappa shape index (κ1) is 18.6. The molecule has 0 bridgehead atoms. The van der Waals surface area contributed by atoms with Crippen molar-refractivity contribution in [2.45, 2.75) is 51.2 Å². The third kappa shape index (κ3) is 4.74. The summed E-state index contributed by atoms with van der Waals surface area (Å²) in [5, 5.41) is 5.85. The zero-order chi connectivity index (χ0) is 19.2. The van der Waals surface area contributed by atoms with Gasteiger partial charge in [-0.3, -0.25) is 0 Å². The molecule has 2 heterocycles. The second-order valence-corrected chi connectivity index (χ2v) is 7.54. The van der Waals surface area contributed by atoms with Gasteiger partial charge in [-0.25, -0.2) is 9.78 Å². The molecule has 0 unspecified atom stereocenters. The van der Waals surface area contributed by atoms with Crippen LogP contribution in [0, 0.1) is 0 Å². The van der Waals surface area contributed by atoms with Crippen molar-refractivity contribution in [1.29, 1.82) is 0 Å². The minimum absolute atomic E-state index is 0.228. The zero-order valence-electron chi connectivity index (χ0n) is 16.2. The SMILES string of the molecule is O=C(NCc1cccnc1OC1CCCC1)Nc1cccc(N2CCCC2)c1. The third-order valence-corrected chi connectivity index (χ3v) is 5.45. The van der Waals surface area contributed by atoms with Gasteiger partial charge in [0.05, 0.1) is 0 Å². The number of carbonyl (C=O) groups excluding carboxylic acids is 1. The van der Waals surface area contributed by atoms with Gasteiger partial charge < -0.3 is 20.3 Å². The fraction of sp³-hybridized carbons (Fsp3) is 0.455. The Kier molecular flexibility index (Phi) is 5.95. The number of rotatable bonds is 6. The van der Waals surface area contributed by atoms with Crippen molar-refractivity contribution in [2.75, 3.05) is 23.3 Å². The van der Waals surface area contributed by atoms with Crippen molar-refractivity contribution >= 4 is 17.4 Å². The second kappa shape index (κ2) is 8.95. The Morgan fingerprint density at radius 3 is 2.75 bits per heavy atom. The van der Waals surface area contributed by atoms with Gasteiger partial charge in [0.15, 0.2) is 0 Å². The van der Waals surface area contributed by atoms with Gasteiger partial charge in [0.1, 0.15) is 6.10 Å². The molecular weight excluding hydrogens is 352 g/mol. The molecule has 1 saturated carbocycles. The van der Waals surface area contributed by atoms with Gasteiger partial charge in [-0.1, -0.05) is 12.1 Å². The molecule has 2 aliphatic rings. The maximum atomic E-state index is 12.4. The standard InChI is InChI=1S/C22H28N4O2/c27-22(25-18-8-5-9-19(15-18)26-13-3-4-14-26)24-16-17-7-6-12-23-21(17)28-20-10-1-2-11-20/h5-9,12,15,20H,1-4,10-11,13-14,16H2,(H2,24,25,27). The predicted molar refractivity (Wildman–Crippen MR) is 111 cm³/mol. The van der Waals surface area contributed by atoms with Crippen LogP contribution in [-0.4, -0.2) is 30.2 Å². The zero-order valence-corrected chi connectivity index (χ0v) is 16.2. The quantitative estimate of drug-likeness (QED) is 0.783. The molecule has 1 aromatic heterocycles. The van der Waals surface area contributed by atoms with E-state index < -0.39 is 0 Å². The maximum absolute atomic E-state index is 12.4. The maximum Gasteiger partial charge on any atom is 0.319 e. The van der Waals surface area contributed by atoms with Crippen molar-refractivity contribution in [1.82, 2.24) is 10.3 Å². The van der Waals surface area contributed by atoms with Gasteiger partial charge >= 0.3 is 6.03 Å². The molecule has 6 heteroatoms. The summed E-state index contributed by atoms with van der Waals surface area (Å²) in [6.07, 6.45) is 9.03. The highest BCUT2D eigenvalue weighted by atomic mass is 16.5. The van der Waals surface area contributed by atoms with Gasteiger partial charge in [0.25, 0.3) is 0 Å². The number of nitrogens with zero attached hydrogens (tertiary/aromatic N) is 2. The number of benzene rings is 1. The molecule has 148 valence electrons. The average Bonchev–Trinajstić information content (AvgIpc) is 3.42. The van der Waals surface area contributed by atoms with Crippen LogP contribution in [0.5, 0.6) is 5.88 Å². The van der Waals surface area contributed by atoms with Crippen molar-refractivity contribution in [3.63, 3.8) is 0 Å². The molecule has 2 aromatic rings. The lowest BCUT2D eigenvalue weighted by Crippen LogP contribution is -2.29. The van der Waals surface area contributed by atoms with Crippen molar-refractivity contribution < 1.29 is 9.53 Å². The van der Waals surface area contributed by atoms with E-state index in [1.165, 1.54) is 25.7 Å². The van der Waals surface area contributed by atoms with Crippen LogP contribution in [0.1, 0.15) is 44.1 Å². The molecule has 2 fully saturated rings. The van der Waals surface area contributed by atoms with Gasteiger partial charge in [0.2, 0.25) is 5.88 Å². The molecular formula is C22H28N4O2. The van der Waals surface area contributed by atoms with Gasteiger partial charge in [0, 0.05) is 42.8 Å². The number of ether oxygens (including phenoxy) is 1. The topological polar surface area (TPSA) is 66.5 Å². The Morgan fingerprint density at radius 1 is 1.11 bits per heavy atom. The number of carbonyl (C=O) groups is 1. The summed E-state index contributed by atoms with van der Waals surface area (Å²) in [5.74, 6) is 0.630. The summed E-state index contributed by atoms with van der Waals surface area (Å²) in [6, 6.07) is 11.6. The van der Waals surface area contributed by atoms with Crippen LogP contribution < -0.4 is 20.3 Å². The summed E-state index contributed by atoms with van der Waals surface area (Å²) in [5.41, 5.74) is 2.86. The lowest BCUT2D eigenvalue weighted by atomic mass is 10.2. The van der Waals surface area contributed by atoms with E-state index in [4.69, 9.17) is 4.74 Å². The molecule has 0 atom stereocenters. The fourth-order valence-corrected chi connectivity index (χ4v) is 3.94. The van der Waals surface area contributed by atoms with E-state index in [0.717, 1.165) is 42.9 Å². The third-order valence-electron chi connectivity index (χ3n) is 5.45. The summed E-state index contributed by atoms with van der Waals surface area (Å²) in [6.45, 7) is 2.55. The van der Waals surface area contributed by atoms with E-state index >= 15 is 0 Å². The molecule has 1 aromatic carbocycles. The monoisotopic (exact) mass is 380 g/mol. The lowest BCUT2D eigenvalue weighted by molar-refractivity contribution is 0.199. The Labute approximate surface area is 166 Å². The van der Waals surface area contributed by atoms with E-state index in [1.54, 1.807) is 6.20 Å². The van der Waals surface area contributed by atoms with Crippen LogP contribution in [0.25, 0.3) is 0 Å². The van der Waals surface area contributed by atoms with Gasteiger partial charge in [-0.15, -0.1) is 0 Å². The van der Waals surface area contributed by atoms with Crippen molar-refractivity contribution in [3.8, 4) is 5.88 Å². The van der Waals surface area contributed by atoms with Crippen molar-refractivity contribution in [3.05, 3.63) is 48.2 Å². The molecule has 0 spiro atoms. The normalized spacial score (nSPS) is 16.9. The Bertz CT molecular complexity index is 799. The number of anilines is 2. The van der Waals surface area contributed by atoms with Crippen molar-refractivity contribution in [2.24, 2.45) is 0 Å². The average molecular weight is 380 g/mol. The number of amides is 2. The van der Waals surface area contributed by atoms with Crippen LogP contribution >= 0.6 is 0 Å². The van der Waals surface area contributed by atoms with Gasteiger partial charge in [-0.2, -0.15) is 0 Å². The molecule has 1 aliphatic heterocycles. The molecule has 2 N–H and O–H groups in total. The molecule has 2 amide bonds. The Balaban J connectivity index is 1.33. The highest BCUT2D eigenvalue weighted by Gasteiger charge is 2.19. The van der Waals surface area contributed by atoms with E-state index in [1.807, 2.05) is 30.3 Å². The number of hydrogen-bond acceptors (Lipinski definition) is 4.